The van der Waals surface area contributed by atoms with Crippen molar-refractivity contribution in [3.05, 3.63) is 40.1 Å². The van der Waals surface area contributed by atoms with Gasteiger partial charge in [0.15, 0.2) is 11.3 Å². The summed E-state index contributed by atoms with van der Waals surface area (Å²) in [7, 11) is -3.75. The molecule has 0 unspecified atom stereocenters. The van der Waals surface area contributed by atoms with Crippen LogP contribution in [0.25, 0.3) is 16.9 Å². The van der Waals surface area contributed by atoms with E-state index >= 15 is 0 Å². The van der Waals surface area contributed by atoms with Crippen molar-refractivity contribution in [3.8, 4) is 17.1 Å². The second-order valence-electron chi connectivity index (χ2n) is 7.27. The lowest BCUT2D eigenvalue weighted by Gasteiger charge is -2.13. The topological polar surface area (TPSA) is 130 Å². The molecule has 174 valence electrons. The van der Waals surface area contributed by atoms with Crippen LogP contribution in [0.1, 0.15) is 38.7 Å². The lowest BCUT2D eigenvalue weighted by molar-refractivity contribution is 0.341. The highest BCUT2D eigenvalue weighted by Crippen LogP contribution is 2.30. The molecule has 2 aromatic heterocycles. The minimum absolute atomic E-state index is 0.0609. The van der Waals surface area contributed by atoms with Gasteiger partial charge in [-0.1, -0.05) is 13.8 Å². The van der Waals surface area contributed by atoms with E-state index in [0.29, 0.717) is 47.9 Å². The monoisotopic (exact) mass is 462 g/mol. The fraction of sp³-hybridized carbons (Fsp3) is 0.476. The van der Waals surface area contributed by atoms with Gasteiger partial charge in [-0.3, -0.25) is 4.79 Å². The van der Waals surface area contributed by atoms with Crippen LogP contribution in [0.5, 0.6) is 5.75 Å². The zero-order chi connectivity index (χ0) is 23.3. The number of fused-ring (bicyclic) bond motifs is 1. The molecule has 3 rings (SSSR count). The Hall–Kier alpha value is -2.76. The molecule has 0 aliphatic rings. The molecular weight excluding hydrogens is 432 g/mol. The van der Waals surface area contributed by atoms with Crippen LogP contribution in [0.4, 0.5) is 0 Å². The maximum Gasteiger partial charge on any atom is 0.277 e. The van der Waals surface area contributed by atoms with Gasteiger partial charge in [0.2, 0.25) is 10.0 Å². The number of hydrogen-bond acceptors (Lipinski definition) is 7. The Morgan fingerprint density at radius 1 is 1.19 bits per heavy atom. The number of benzene rings is 1. The van der Waals surface area contributed by atoms with Crippen LogP contribution in [-0.4, -0.2) is 54.2 Å². The molecule has 0 fully saturated rings. The molecule has 3 N–H and O–H groups in total. The van der Waals surface area contributed by atoms with Gasteiger partial charge in [0.25, 0.3) is 5.56 Å². The van der Waals surface area contributed by atoms with Crippen molar-refractivity contribution in [1.82, 2.24) is 29.6 Å². The lowest BCUT2D eigenvalue weighted by Crippen LogP contribution is -2.31. The number of aromatic amines is 1. The van der Waals surface area contributed by atoms with E-state index in [4.69, 9.17) is 4.74 Å². The Balaban J connectivity index is 2.11. The summed E-state index contributed by atoms with van der Waals surface area (Å²) < 4.78 is 35.4. The first-order chi connectivity index (χ1) is 15.3. The van der Waals surface area contributed by atoms with Gasteiger partial charge in [-0.25, -0.2) is 22.6 Å². The molecule has 0 aliphatic carbocycles. The molecule has 0 aliphatic heterocycles. The summed E-state index contributed by atoms with van der Waals surface area (Å²) >= 11 is 0. The Labute approximate surface area is 187 Å². The third kappa shape index (κ3) is 5.00. The van der Waals surface area contributed by atoms with Gasteiger partial charge in [-0.05, 0) is 45.0 Å². The average Bonchev–Trinajstić information content (AvgIpc) is 3.07. The van der Waals surface area contributed by atoms with Crippen LogP contribution in [0.3, 0.4) is 0 Å². The highest BCUT2D eigenvalue weighted by molar-refractivity contribution is 7.89. The SMILES string of the molecule is CCCc1nc(C)c2c(=O)[nH]c(-c3cc(S(=O)(=O)NCCNCC)ccc3OCC)nn12. The zero-order valence-electron chi connectivity index (χ0n) is 18.9. The summed E-state index contributed by atoms with van der Waals surface area (Å²) in [5.41, 5.74) is 1.01. The highest BCUT2D eigenvalue weighted by Gasteiger charge is 2.20. The molecule has 0 atom stereocenters. The number of likely N-dealkylation sites (N-methyl/N-ethyl adjacent to an activating group) is 1. The maximum atomic E-state index is 12.8. The standard InChI is InChI=1S/C21H30N6O4S/c1-5-8-18-24-14(4)19-21(28)25-20(26-27(18)19)16-13-15(9-10-17(16)31-7-3)32(29,30)23-12-11-22-6-2/h9-10,13,22-23H,5-8,11-12H2,1-4H3,(H,25,26,28). The van der Waals surface area contributed by atoms with Crippen LogP contribution in [0, 0.1) is 6.92 Å². The average molecular weight is 463 g/mol. The van der Waals surface area contributed by atoms with Crippen molar-refractivity contribution in [1.29, 1.82) is 0 Å². The number of nitrogens with one attached hydrogen (secondary N) is 3. The highest BCUT2D eigenvalue weighted by atomic mass is 32.2. The first-order valence-corrected chi connectivity index (χ1v) is 12.3. The third-order valence-electron chi connectivity index (χ3n) is 4.88. The number of aryl methyl sites for hydroxylation is 2. The Morgan fingerprint density at radius 2 is 1.97 bits per heavy atom. The first-order valence-electron chi connectivity index (χ1n) is 10.8. The summed E-state index contributed by atoms with van der Waals surface area (Å²) in [6.45, 7) is 9.47. The number of imidazole rings is 1. The summed E-state index contributed by atoms with van der Waals surface area (Å²) in [6.07, 6.45) is 1.51. The smallest absolute Gasteiger partial charge is 0.277 e. The van der Waals surface area contributed by atoms with E-state index in [9.17, 15) is 13.2 Å². The van der Waals surface area contributed by atoms with Crippen LogP contribution in [0.2, 0.25) is 0 Å². The predicted octanol–water partition coefficient (Wildman–Crippen LogP) is 1.63. The van der Waals surface area contributed by atoms with Crippen molar-refractivity contribution in [3.63, 3.8) is 0 Å². The molecule has 32 heavy (non-hydrogen) atoms. The van der Waals surface area contributed by atoms with Crippen molar-refractivity contribution < 1.29 is 13.2 Å². The summed E-state index contributed by atoms with van der Waals surface area (Å²) in [6, 6.07) is 4.52. The van der Waals surface area contributed by atoms with E-state index in [1.165, 1.54) is 12.1 Å². The van der Waals surface area contributed by atoms with Crippen molar-refractivity contribution in [2.75, 3.05) is 26.2 Å². The number of aromatic nitrogens is 4. The van der Waals surface area contributed by atoms with Crippen LogP contribution in [-0.2, 0) is 16.4 Å². The number of hydrogen-bond donors (Lipinski definition) is 3. The Kier molecular flexibility index (Phi) is 7.64. The lowest BCUT2D eigenvalue weighted by atomic mass is 10.2. The van der Waals surface area contributed by atoms with E-state index in [-0.39, 0.29) is 22.8 Å². The van der Waals surface area contributed by atoms with E-state index in [0.717, 1.165) is 13.0 Å². The molecule has 0 amide bonds. The van der Waals surface area contributed by atoms with Gasteiger partial charge in [-0.15, -0.1) is 5.10 Å². The molecule has 0 spiro atoms. The summed E-state index contributed by atoms with van der Waals surface area (Å²) in [4.78, 5) is 20.1. The second-order valence-corrected chi connectivity index (χ2v) is 9.04. The number of nitrogens with zero attached hydrogens (tertiary/aromatic N) is 3. The van der Waals surface area contributed by atoms with E-state index in [1.54, 1.807) is 17.5 Å². The van der Waals surface area contributed by atoms with Gasteiger partial charge >= 0.3 is 0 Å². The van der Waals surface area contributed by atoms with E-state index in [2.05, 4.69) is 25.1 Å². The molecule has 2 heterocycles. The van der Waals surface area contributed by atoms with E-state index in [1.807, 2.05) is 20.8 Å². The van der Waals surface area contributed by atoms with Crippen molar-refractivity contribution in [2.24, 2.45) is 0 Å². The summed E-state index contributed by atoms with van der Waals surface area (Å²) in [5.74, 6) is 1.32. The Morgan fingerprint density at radius 3 is 2.66 bits per heavy atom. The van der Waals surface area contributed by atoms with E-state index < -0.39 is 10.0 Å². The van der Waals surface area contributed by atoms with Gasteiger partial charge in [0.05, 0.1) is 22.8 Å². The van der Waals surface area contributed by atoms with Gasteiger partial charge in [0.1, 0.15) is 11.6 Å². The largest absolute Gasteiger partial charge is 0.493 e. The molecule has 1 aromatic carbocycles. The number of rotatable bonds is 11. The molecule has 0 bridgehead atoms. The molecule has 10 nitrogen and oxygen atoms in total. The number of H-pyrrole nitrogens is 1. The Bertz CT molecular complexity index is 1250. The first kappa shape index (κ1) is 23.9. The minimum Gasteiger partial charge on any atom is -0.493 e. The summed E-state index contributed by atoms with van der Waals surface area (Å²) in [5, 5.41) is 7.66. The molecular formula is C21H30N6O4S. The van der Waals surface area contributed by atoms with Crippen LogP contribution in [0.15, 0.2) is 27.9 Å². The van der Waals surface area contributed by atoms with Crippen LogP contribution >= 0.6 is 0 Å². The maximum absolute atomic E-state index is 12.8. The number of sulfonamides is 1. The van der Waals surface area contributed by atoms with Gasteiger partial charge in [0, 0.05) is 19.5 Å². The molecule has 11 heteroatoms. The normalized spacial score (nSPS) is 11.9. The van der Waals surface area contributed by atoms with Crippen molar-refractivity contribution >= 4 is 15.5 Å². The molecule has 3 aromatic rings. The van der Waals surface area contributed by atoms with Crippen LogP contribution < -0.4 is 20.3 Å². The number of ether oxygens (including phenoxy) is 1. The van der Waals surface area contributed by atoms with Gasteiger partial charge < -0.3 is 15.0 Å². The zero-order valence-corrected chi connectivity index (χ0v) is 19.7. The van der Waals surface area contributed by atoms with Crippen molar-refractivity contribution in [2.45, 2.75) is 45.4 Å². The fourth-order valence-corrected chi connectivity index (χ4v) is 4.48. The molecule has 0 saturated heterocycles. The third-order valence-corrected chi connectivity index (χ3v) is 6.34. The molecule has 0 radical (unpaired) electrons. The quantitative estimate of drug-likeness (QED) is 0.369. The fourth-order valence-electron chi connectivity index (χ4n) is 3.42. The second kappa shape index (κ2) is 10.2. The van der Waals surface area contributed by atoms with Gasteiger partial charge in [-0.2, -0.15) is 0 Å². The molecule has 0 saturated carbocycles. The predicted molar refractivity (Wildman–Crippen MR) is 123 cm³/mol. The minimum atomic E-state index is -3.75.